The van der Waals surface area contributed by atoms with Gasteiger partial charge >= 0.3 is 0 Å². The molecular weight excluding hydrogens is 565 g/mol. The van der Waals surface area contributed by atoms with Crippen LogP contribution in [0.4, 0.5) is 5.69 Å². The zero-order valence-electron chi connectivity index (χ0n) is 22.7. The number of rotatable bonds is 8. The zero-order valence-corrected chi connectivity index (χ0v) is 25.0. The molecular formula is C31H32Cl3N5O. The molecule has 0 amide bonds. The molecule has 5 rings (SSSR count). The van der Waals surface area contributed by atoms with Crippen LogP contribution in [0.2, 0.25) is 15.1 Å². The number of aromatic nitrogens is 4. The molecule has 3 aromatic carbocycles. The van der Waals surface area contributed by atoms with Gasteiger partial charge in [0.2, 0.25) is 0 Å². The summed E-state index contributed by atoms with van der Waals surface area (Å²) in [4.78, 5) is 0. The molecule has 40 heavy (non-hydrogen) atoms. The summed E-state index contributed by atoms with van der Waals surface area (Å²) < 4.78 is 7.94. The first-order chi connectivity index (χ1) is 19.1. The van der Waals surface area contributed by atoms with E-state index in [0.717, 1.165) is 54.3 Å². The highest BCUT2D eigenvalue weighted by atomic mass is 35.5. The number of tetrazole rings is 1. The van der Waals surface area contributed by atoms with Gasteiger partial charge in [0.1, 0.15) is 11.5 Å². The standard InChI is InChI=1S/C31H32Cl3N5O/c1-30(2,3)28(17-7-21-6-8-23(33)20-27(21)34)39-29(36-37-38-39)31(18-4-5-19-31)35-24-11-15-26(16-12-24)40-25-13-9-22(32)10-14-25/h6-17,20,28,35H,4-5,18-19H2,1-3H3/t28-/m1/s1. The van der Waals surface area contributed by atoms with Gasteiger partial charge < -0.3 is 10.1 Å². The molecule has 9 heteroatoms. The molecule has 0 unspecified atom stereocenters. The third-order valence-corrected chi connectivity index (χ3v) is 8.05. The Labute approximate surface area is 250 Å². The summed E-state index contributed by atoms with van der Waals surface area (Å²) in [5.74, 6) is 2.31. The van der Waals surface area contributed by atoms with E-state index in [4.69, 9.17) is 39.5 Å². The van der Waals surface area contributed by atoms with Gasteiger partial charge in [-0.05, 0) is 94.9 Å². The summed E-state index contributed by atoms with van der Waals surface area (Å²) in [5.41, 5.74) is 1.32. The van der Waals surface area contributed by atoms with Gasteiger partial charge in [-0.3, -0.25) is 0 Å². The number of nitrogens with one attached hydrogen (secondary N) is 1. The van der Waals surface area contributed by atoms with Gasteiger partial charge in [0, 0.05) is 20.8 Å². The Morgan fingerprint density at radius 1 is 0.900 bits per heavy atom. The van der Waals surface area contributed by atoms with E-state index in [9.17, 15) is 0 Å². The van der Waals surface area contributed by atoms with Crippen molar-refractivity contribution in [3.8, 4) is 11.5 Å². The van der Waals surface area contributed by atoms with E-state index in [1.165, 1.54) is 0 Å². The second-order valence-corrected chi connectivity index (χ2v) is 12.6. The smallest absolute Gasteiger partial charge is 0.177 e. The average Bonchev–Trinajstić information content (AvgIpc) is 3.58. The third-order valence-electron chi connectivity index (χ3n) is 7.24. The molecule has 1 heterocycles. The fourth-order valence-corrected chi connectivity index (χ4v) is 5.77. The van der Waals surface area contributed by atoms with Crippen LogP contribution in [0.25, 0.3) is 6.08 Å². The van der Waals surface area contributed by atoms with Gasteiger partial charge in [0.25, 0.3) is 0 Å². The van der Waals surface area contributed by atoms with Gasteiger partial charge in [0.05, 0.1) is 11.6 Å². The number of anilines is 1. The molecule has 1 aromatic heterocycles. The maximum Gasteiger partial charge on any atom is 0.177 e. The monoisotopic (exact) mass is 595 g/mol. The fourth-order valence-electron chi connectivity index (χ4n) is 5.17. The fraction of sp³-hybridized carbons (Fsp3) is 0.323. The van der Waals surface area contributed by atoms with Crippen molar-refractivity contribution >= 4 is 46.6 Å². The SMILES string of the molecule is CC(C)(C)[C@@H](C=Cc1ccc(Cl)cc1Cl)n1nnnc1C1(Nc2ccc(Oc3ccc(Cl)cc3)cc2)CCCC1. The lowest BCUT2D eigenvalue weighted by atomic mass is 9.85. The van der Waals surface area contributed by atoms with E-state index in [1.807, 2.05) is 71.4 Å². The zero-order chi connectivity index (χ0) is 28.3. The number of benzene rings is 3. The Morgan fingerprint density at radius 2 is 1.52 bits per heavy atom. The summed E-state index contributed by atoms with van der Waals surface area (Å²) in [5, 5.41) is 18.9. The molecule has 0 bridgehead atoms. The van der Waals surface area contributed by atoms with E-state index in [0.29, 0.717) is 15.1 Å². The average molecular weight is 597 g/mol. The summed E-state index contributed by atoms with van der Waals surface area (Å²) in [6.07, 6.45) is 8.19. The Bertz CT molecular complexity index is 1470. The highest BCUT2D eigenvalue weighted by Crippen LogP contribution is 2.43. The highest BCUT2D eigenvalue weighted by molar-refractivity contribution is 6.35. The minimum Gasteiger partial charge on any atom is -0.457 e. The van der Waals surface area contributed by atoms with Crippen LogP contribution in [0.5, 0.6) is 11.5 Å². The first-order valence-corrected chi connectivity index (χ1v) is 14.5. The van der Waals surface area contributed by atoms with Crippen molar-refractivity contribution in [1.29, 1.82) is 0 Å². The van der Waals surface area contributed by atoms with Crippen LogP contribution in [0.15, 0.2) is 72.8 Å². The van der Waals surface area contributed by atoms with Gasteiger partial charge in [-0.25, -0.2) is 4.68 Å². The van der Waals surface area contributed by atoms with Crippen molar-refractivity contribution in [2.45, 2.75) is 58.0 Å². The number of hydrogen-bond donors (Lipinski definition) is 1. The molecule has 0 saturated heterocycles. The molecule has 0 aliphatic heterocycles. The minimum atomic E-state index is -0.392. The van der Waals surface area contributed by atoms with Gasteiger partial charge in [-0.2, -0.15) is 0 Å². The minimum absolute atomic E-state index is 0.112. The highest BCUT2D eigenvalue weighted by Gasteiger charge is 2.42. The number of hydrogen-bond acceptors (Lipinski definition) is 5. The lowest BCUT2D eigenvalue weighted by molar-refractivity contribution is 0.254. The first-order valence-electron chi connectivity index (χ1n) is 13.4. The Kier molecular flexibility index (Phi) is 8.41. The molecule has 1 saturated carbocycles. The van der Waals surface area contributed by atoms with Gasteiger partial charge in [-0.15, -0.1) is 5.10 Å². The summed E-state index contributed by atoms with van der Waals surface area (Å²) >= 11 is 18.5. The Balaban J connectivity index is 1.42. The summed E-state index contributed by atoms with van der Waals surface area (Å²) in [7, 11) is 0. The van der Waals surface area contributed by atoms with E-state index in [1.54, 1.807) is 6.07 Å². The van der Waals surface area contributed by atoms with Crippen molar-refractivity contribution < 1.29 is 4.74 Å². The van der Waals surface area contributed by atoms with Crippen LogP contribution >= 0.6 is 34.8 Å². The Hall–Kier alpha value is -3.06. The van der Waals surface area contributed by atoms with Crippen molar-refractivity contribution in [3.05, 3.63) is 99.3 Å². The largest absolute Gasteiger partial charge is 0.457 e. The van der Waals surface area contributed by atoms with E-state index >= 15 is 0 Å². The molecule has 6 nitrogen and oxygen atoms in total. The molecule has 4 aromatic rings. The molecule has 1 fully saturated rings. The summed E-state index contributed by atoms with van der Waals surface area (Å²) in [6.45, 7) is 6.56. The lowest BCUT2D eigenvalue weighted by Crippen LogP contribution is -2.38. The van der Waals surface area contributed by atoms with Crippen molar-refractivity contribution in [3.63, 3.8) is 0 Å². The normalized spacial score (nSPS) is 15.8. The molecule has 1 aliphatic carbocycles. The van der Waals surface area contributed by atoms with E-state index in [2.05, 4.69) is 47.7 Å². The van der Waals surface area contributed by atoms with Crippen molar-refractivity contribution in [2.75, 3.05) is 5.32 Å². The van der Waals surface area contributed by atoms with Gasteiger partial charge in [0.15, 0.2) is 5.82 Å². The van der Waals surface area contributed by atoms with Crippen molar-refractivity contribution in [1.82, 2.24) is 20.2 Å². The first kappa shape index (κ1) is 28.5. The quantitative estimate of drug-likeness (QED) is 0.219. The number of ether oxygens (including phenoxy) is 1. The lowest BCUT2D eigenvalue weighted by Gasteiger charge is -2.35. The van der Waals surface area contributed by atoms with Crippen LogP contribution < -0.4 is 10.1 Å². The van der Waals surface area contributed by atoms with E-state index in [-0.39, 0.29) is 11.5 Å². The van der Waals surface area contributed by atoms with Crippen molar-refractivity contribution in [2.24, 2.45) is 5.41 Å². The third kappa shape index (κ3) is 6.46. The van der Waals surface area contributed by atoms with Crippen LogP contribution in [0, 0.1) is 5.41 Å². The predicted octanol–water partition coefficient (Wildman–Crippen LogP) is 9.61. The maximum atomic E-state index is 6.46. The molecule has 1 N–H and O–H groups in total. The Morgan fingerprint density at radius 3 is 2.15 bits per heavy atom. The van der Waals surface area contributed by atoms with Gasteiger partial charge in [-0.1, -0.05) is 86.6 Å². The van der Waals surface area contributed by atoms with Crippen LogP contribution in [0.1, 0.15) is 63.9 Å². The summed E-state index contributed by atoms with van der Waals surface area (Å²) in [6, 6.07) is 20.7. The maximum absolute atomic E-state index is 6.46. The number of allylic oxidation sites excluding steroid dienone is 1. The second kappa shape index (κ2) is 11.8. The van der Waals surface area contributed by atoms with E-state index < -0.39 is 5.54 Å². The van der Waals surface area contributed by atoms with Crippen LogP contribution in [-0.4, -0.2) is 20.2 Å². The van der Waals surface area contributed by atoms with Crippen LogP contribution in [-0.2, 0) is 5.54 Å². The molecule has 0 radical (unpaired) electrons. The molecule has 0 spiro atoms. The molecule has 1 atom stereocenters. The molecule has 208 valence electrons. The predicted molar refractivity (Wildman–Crippen MR) is 164 cm³/mol. The number of nitrogens with zero attached hydrogens (tertiary/aromatic N) is 4. The number of halogens is 3. The molecule has 1 aliphatic rings. The topological polar surface area (TPSA) is 64.9 Å². The second-order valence-electron chi connectivity index (χ2n) is 11.3. The van der Waals surface area contributed by atoms with Crippen LogP contribution in [0.3, 0.4) is 0 Å².